The molecule has 6 amide bonds. The number of benzene rings is 1. The standard InChI is InChI=1S/C30H47BrN6O7/c1-19(2)26(37-24(38)10-6-5-7-15-33-25(39)17-31)28(41)36-23(9-8-16-34-30(32)43)27(40)35-22-13-11-21(12-14-22)18-44-29(42)20(3)4/h11-14,19-20,23,26H,5-10,15-18H2,1-4H3,(H,33,39)(H,35,40)(H,36,41)(H,37,38)(H3,32,34,43)/t23-,26-/m0/s1. The first kappa shape index (κ1) is 38.3. The van der Waals surface area contributed by atoms with Crippen LogP contribution in [-0.2, 0) is 35.3 Å². The number of ether oxygens (including phenoxy) is 1. The maximum absolute atomic E-state index is 13.3. The minimum absolute atomic E-state index is 0.0936. The van der Waals surface area contributed by atoms with Crippen molar-refractivity contribution in [3.8, 4) is 0 Å². The number of urea groups is 1. The number of anilines is 1. The molecule has 14 heteroatoms. The second-order valence-electron chi connectivity index (χ2n) is 11.0. The minimum Gasteiger partial charge on any atom is -0.461 e. The van der Waals surface area contributed by atoms with Crippen LogP contribution in [0.25, 0.3) is 0 Å². The lowest BCUT2D eigenvalue weighted by molar-refractivity contribution is -0.148. The fraction of sp³-hybridized carbons (Fsp3) is 0.600. The van der Waals surface area contributed by atoms with Crippen LogP contribution in [-0.4, -0.2) is 66.1 Å². The summed E-state index contributed by atoms with van der Waals surface area (Å²) in [5.74, 6) is -2.16. The number of halogens is 1. The Bertz CT molecular complexity index is 1100. The SMILES string of the molecule is CC(C)C(=O)OCc1ccc(NC(=O)[C@H](CCCNC(N)=O)NC(=O)[C@@H](NC(=O)CCCCCNC(=O)CBr)C(C)C)cc1. The van der Waals surface area contributed by atoms with Gasteiger partial charge in [0.25, 0.3) is 0 Å². The molecule has 0 fully saturated rings. The van der Waals surface area contributed by atoms with Crippen LogP contribution in [0.3, 0.4) is 0 Å². The van der Waals surface area contributed by atoms with Crippen LogP contribution in [0.5, 0.6) is 0 Å². The molecule has 0 aromatic heterocycles. The number of primary amides is 1. The van der Waals surface area contributed by atoms with Crippen molar-refractivity contribution in [1.29, 1.82) is 0 Å². The van der Waals surface area contributed by atoms with E-state index in [2.05, 4.69) is 42.5 Å². The van der Waals surface area contributed by atoms with Gasteiger partial charge in [-0.1, -0.05) is 62.2 Å². The quantitative estimate of drug-likeness (QED) is 0.0689. The highest BCUT2D eigenvalue weighted by molar-refractivity contribution is 9.09. The molecule has 0 saturated heterocycles. The van der Waals surface area contributed by atoms with Gasteiger partial charge >= 0.3 is 12.0 Å². The molecule has 0 saturated carbocycles. The predicted octanol–water partition coefficient (Wildman–Crippen LogP) is 2.47. The van der Waals surface area contributed by atoms with Gasteiger partial charge in [-0.25, -0.2) is 4.79 Å². The number of hydrogen-bond acceptors (Lipinski definition) is 7. The second kappa shape index (κ2) is 21.1. The van der Waals surface area contributed by atoms with Crippen molar-refractivity contribution in [2.45, 2.75) is 84.9 Å². The largest absolute Gasteiger partial charge is 0.461 e. The zero-order valence-corrected chi connectivity index (χ0v) is 27.6. The molecule has 1 aromatic carbocycles. The molecule has 246 valence electrons. The Morgan fingerprint density at radius 1 is 0.818 bits per heavy atom. The van der Waals surface area contributed by atoms with Crippen LogP contribution < -0.4 is 32.3 Å². The van der Waals surface area contributed by atoms with Crippen molar-refractivity contribution < 1.29 is 33.5 Å². The first-order valence-electron chi connectivity index (χ1n) is 14.9. The van der Waals surface area contributed by atoms with Gasteiger partial charge in [-0.2, -0.15) is 0 Å². The van der Waals surface area contributed by atoms with Crippen LogP contribution in [0.1, 0.15) is 71.8 Å². The molecule has 13 nitrogen and oxygen atoms in total. The molecule has 0 aliphatic heterocycles. The number of carbonyl (C=O) groups is 6. The lowest BCUT2D eigenvalue weighted by Gasteiger charge is -2.25. The van der Waals surface area contributed by atoms with Gasteiger partial charge in [0.1, 0.15) is 18.7 Å². The summed E-state index contributed by atoms with van der Waals surface area (Å²) in [7, 11) is 0. The Balaban J connectivity index is 2.79. The summed E-state index contributed by atoms with van der Waals surface area (Å²) < 4.78 is 5.22. The van der Waals surface area contributed by atoms with Crippen molar-refractivity contribution in [2.75, 3.05) is 23.7 Å². The Labute approximate surface area is 267 Å². The third-order valence-corrected chi connectivity index (χ3v) is 6.97. The van der Waals surface area contributed by atoms with Crippen LogP contribution in [0.2, 0.25) is 0 Å². The van der Waals surface area contributed by atoms with Crippen molar-refractivity contribution in [2.24, 2.45) is 17.6 Å². The zero-order chi connectivity index (χ0) is 33.1. The number of nitrogens with two attached hydrogens (primary N) is 1. The molecule has 0 aliphatic rings. The molecule has 2 atom stereocenters. The number of amides is 6. The van der Waals surface area contributed by atoms with E-state index in [0.29, 0.717) is 25.1 Å². The molecular formula is C30H47BrN6O7. The van der Waals surface area contributed by atoms with Gasteiger partial charge in [0, 0.05) is 25.2 Å². The normalized spacial score (nSPS) is 12.2. The first-order chi connectivity index (χ1) is 20.8. The third-order valence-electron chi connectivity index (χ3n) is 6.47. The molecule has 0 radical (unpaired) electrons. The van der Waals surface area contributed by atoms with E-state index in [1.807, 2.05) is 0 Å². The average molecular weight is 684 g/mol. The molecule has 0 aliphatic carbocycles. The van der Waals surface area contributed by atoms with E-state index in [0.717, 1.165) is 18.4 Å². The highest BCUT2D eigenvalue weighted by Gasteiger charge is 2.28. The Kier molecular flexibility index (Phi) is 18.4. The first-order valence-corrected chi connectivity index (χ1v) is 16.0. The molecule has 0 bridgehead atoms. The van der Waals surface area contributed by atoms with E-state index in [4.69, 9.17) is 10.5 Å². The molecule has 7 N–H and O–H groups in total. The van der Waals surface area contributed by atoms with E-state index in [1.165, 1.54) is 0 Å². The minimum atomic E-state index is -0.961. The van der Waals surface area contributed by atoms with Crippen molar-refractivity contribution in [3.05, 3.63) is 29.8 Å². The second-order valence-corrected chi connectivity index (χ2v) is 11.6. The Morgan fingerprint density at radius 2 is 1.48 bits per heavy atom. The zero-order valence-electron chi connectivity index (χ0n) is 26.0. The maximum atomic E-state index is 13.3. The van der Waals surface area contributed by atoms with Crippen molar-refractivity contribution in [3.63, 3.8) is 0 Å². The van der Waals surface area contributed by atoms with Crippen molar-refractivity contribution in [1.82, 2.24) is 21.3 Å². The maximum Gasteiger partial charge on any atom is 0.312 e. The van der Waals surface area contributed by atoms with Gasteiger partial charge in [-0.05, 0) is 49.3 Å². The summed E-state index contributed by atoms with van der Waals surface area (Å²) in [6.07, 6.45) is 2.84. The molecule has 0 spiro atoms. The molecule has 1 rings (SSSR count). The highest BCUT2D eigenvalue weighted by Crippen LogP contribution is 2.13. The van der Waals surface area contributed by atoms with E-state index in [1.54, 1.807) is 52.0 Å². The van der Waals surface area contributed by atoms with E-state index in [-0.39, 0.29) is 60.9 Å². The molecule has 1 aromatic rings. The van der Waals surface area contributed by atoms with Gasteiger partial charge < -0.3 is 37.1 Å². The fourth-order valence-corrected chi connectivity index (χ4v) is 4.12. The summed E-state index contributed by atoms with van der Waals surface area (Å²) in [5.41, 5.74) is 6.35. The smallest absolute Gasteiger partial charge is 0.312 e. The van der Waals surface area contributed by atoms with Crippen LogP contribution >= 0.6 is 15.9 Å². The number of hydrogen-bond donors (Lipinski definition) is 6. The Hall–Kier alpha value is -3.68. The van der Waals surface area contributed by atoms with Gasteiger partial charge in [0.05, 0.1) is 11.2 Å². The van der Waals surface area contributed by atoms with Crippen molar-refractivity contribution >= 4 is 57.2 Å². The molecule has 0 unspecified atom stereocenters. The number of carbonyl (C=O) groups excluding carboxylic acids is 6. The number of nitrogens with one attached hydrogen (secondary N) is 5. The summed E-state index contributed by atoms with van der Waals surface area (Å²) in [6.45, 7) is 7.93. The number of alkyl halides is 1. The van der Waals surface area contributed by atoms with E-state index >= 15 is 0 Å². The van der Waals surface area contributed by atoms with Crippen LogP contribution in [0.15, 0.2) is 24.3 Å². The molecule has 44 heavy (non-hydrogen) atoms. The molecule has 0 heterocycles. The number of unbranched alkanes of at least 4 members (excludes halogenated alkanes) is 2. The van der Waals surface area contributed by atoms with E-state index in [9.17, 15) is 28.8 Å². The van der Waals surface area contributed by atoms with Crippen LogP contribution in [0, 0.1) is 11.8 Å². The third kappa shape index (κ3) is 16.2. The Morgan fingerprint density at radius 3 is 2.07 bits per heavy atom. The average Bonchev–Trinajstić information content (AvgIpc) is 2.97. The summed E-state index contributed by atoms with van der Waals surface area (Å²) in [5, 5.41) is 13.8. The summed E-state index contributed by atoms with van der Waals surface area (Å²) in [4.78, 5) is 73.1. The van der Waals surface area contributed by atoms with Crippen LogP contribution in [0.4, 0.5) is 10.5 Å². The number of rotatable bonds is 20. The lowest BCUT2D eigenvalue weighted by atomic mass is 10.0. The monoisotopic (exact) mass is 682 g/mol. The number of esters is 1. The highest BCUT2D eigenvalue weighted by atomic mass is 79.9. The fourth-order valence-electron chi connectivity index (χ4n) is 3.93. The van der Waals surface area contributed by atoms with Gasteiger partial charge in [-0.3, -0.25) is 24.0 Å². The topological polar surface area (TPSA) is 198 Å². The van der Waals surface area contributed by atoms with Gasteiger partial charge in [0.2, 0.25) is 23.6 Å². The lowest BCUT2D eigenvalue weighted by Crippen LogP contribution is -2.54. The van der Waals surface area contributed by atoms with E-state index < -0.39 is 29.9 Å². The van der Waals surface area contributed by atoms with Gasteiger partial charge in [-0.15, -0.1) is 0 Å². The van der Waals surface area contributed by atoms with Gasteiger partial charge in [0.15, 0.2) is 0 Å². The predicted molar refractivity (Wildman–Crippen MR) is 170 cm³/mol. The summed E-state index contributed by atoms with van der Waals surface area (Å²) >= 11 is 3.08. The summed E-state index contributed by atoms with van der Waals surface area (Å²) in [6, 6.07) is 4.24. The molecular weight excluding hydrogens is 636 g/mol.